The van der Waals surface area contributed by atoms with E-state index in [0.29, 0.717) is 6.54 Å². The van der Waals surface area contributed by atoms with Gasteiger partial charge in [-0.15, -0.1) is 0 Å². The van der Waals surface area contributed by atoms with Gasteiger partial charge < -0.3 is 9.64 Å². The largest absolute Gasteiger partial charge is 0.444 e. The molecule has 1 aromatic rings. The van der Waals surface area contributed by atoms with Gasteiger partial charge in [0, 0.05) is 13.6 Å². The summed E-state index contributed by atoms with van der Waals surface area (Å²) in [7, 11) is 1.61. The monoisotopic (exact) mass is 284 g/mol. The van der Waals surface area contributed by atoms with Crippen molar-refractivity contribution in [3.8, 4) is 0 Å². The van der Waals surface area contributed by atoms with Crippen molar-refractivity contribution in [1.29, 1.82) is 0 Å². The molecule has 8 nitrogen and oxygen atoms in total. The Bertz CT molecular complexity index is 492. The molecule has 1 aromatic heterocycles. The normalized spacial score (nSPS) is 12.8. The average molecular weight is 284 g/mol. The van der Waals surface area contributed by atoms with Crippen molar-refractivity contribution >= 4 is 11.8 Å². The molecule has 1 atom stereocenters. The van der Waals surface area contributed by atoms with E-state index in [1.54, 1.807) is 27.8 Å². The molecular formula is C12H20N4O4. The zero-order chi connectivity index (χ0) is 15.5. The molecule has 0 bridgehead atoms. The van der Waals surface area contributed by atoms with E-state index in [1.165, 1.54) is 22.0 Å². The van der Waals surface area contributed by atoms with Crippen molar-refractivity contribution in [2.45, 2.75) is 39.3 Å². The predicted molar refractivity (Wildman–Crippen MR) is 72.5 cm³/mol. The number of nitrogens with zero attached hydrogens (tertiary/aromatic N) is 4. The van der Waals surface area contributed by atoms with Crippen molar-refractivity contribution < 1.29 is 14.5 Å². The van der Waals surface area contributed by atoms with Gasteiger partial charge in [-0.3, -0.25) is 14.8 Å². The predicted octanol–water partition coefficient (Wildman–Crippen LogP) is 2.22. The molecule has 8 heteroatoms. The summed E-state index contributed by atoms with van der Waals surface area (Å²) in [5.41, 5.74) is -0.629. The van der Waals surface area contributed by atoms with Crippen LogP contribution in [0.3, 0.4) is 0 Å². The Morgan fingerprint density at radius 1 is 1.60 bits per heavy atom. The fraction of sp³-hybridized carbons (Fsp3) is 0.667. The van der Waals surface area contributed by atoms with Gasteiger partial charge >= 0.3 is 11.8 Å². The van der Waals surface area contributed by atoms with E-state index in [9.17, 15) is 14.9 Å². The second-order valence-electron chi connectivity index (χ2n) is 5.65. The summed E-state index contributed by atoms with van der Waals surface area (Å²) in [5, 5.41) is 14.5. The number of likely N-dealkylation sites (N-methyl/N-ethyl adjacent to an activating group) is 1. The molecule has 112 valence electrons. The Kier molecular flexibility index (Phi) is 4.69. The van der Waals surface area contributed by atoms with Crippen LogP contribution < -0.4 is 0 Å². The van der Waals surface area contributed by atoms with Crippen LogP contribution in [0.4, 0.5) is 10.5 Å². The first-order chi connectivity index (χ1) is 9.10. The van der Waals surface area contributed by atoms with Gasteiger partial charge in [-0.2, -0.15) is 5.10 Å². The average Bonchev–Trinajstić information content (AvgIpc) is 2.75. The minimum absolute atomic E-state index is 0.0724. The number of rotatable bonds is 4. The minimum atomic E-state index is -0.556. The molecule has 1 amide bonds. The molecular weight excluding hydrogens is 264 g/mol. The Morgan fingerprint density at radius 3 is 2.65 bits per heavy atom. The minimum Gasteiger partial charge on any atom is -0.444 e. The van der Waals surface area contributed by atoms with Crippen LogP contribution in [0.5, 0.6) is 0 Å². The number of hydrogen-bond donors (Lipinski definition) is 0. The molecule has 0 aromatic carbocycles. The number of aromatic nitrogens is 2. The summed E-state index contributed by atoms with van der Waals surface area (Å²) in [6.45, 7) is 7.53. The Balaban J connectivity index is 2.62. The Hall–Kier alpha value is -2.12. The van der Waals surface area contributed by atoms with Gasteiger partial charge in [0.2, 0.25) is 0 Å². The number of carbonyl (C=O) groups excluding carboxylic acids is 1. The molecule has 0 aliphatic carbocycles. The molecule has 0 saturated carbocycles. The molecule has 20 heavy (non-hydrogen) atoms. The third kappa shape index (κ3) is 4.52. The van der Waals surface area contributed by atoms with E-state index in [1.807, 2.05) is 6.92 Å². The first kappa shape index (κ1) is 15.9. The molecule has 0 radical (unpaired) electrons. The molecule has 1 unspecified atom stereocenters. The lowest BCUT2D eigenvalue weighted by Crippen LogP contribution is -2.37. The first-order valence-corrected chi connectivity index (χ1v) is 6.23. The number of carbonyl (C=O) groups is 1. The lowest BCUT2D eigenvalue weighted by Gasteiger charge is -2.26. The maximum atomic E-state index is 11.8. The van der Waals surface area contributed by atoms with E-state index in [0.717, 1.165) is 0 Å². The van der Waals surface area contributed by atoms with Crippen molar-refractivity contribution in [2.24, 2.45) is 0 Å². The van der Waals surface area contributed by atoms with Crippen LogP contribution in [-0.2, 0) is 4.74 Å². The molecule has 0 saturated heterocycles. The summed E-state index contributed by atoms with van der Waals surface area (Å²) in [5.74, 6) is 0. The van der Waals surface area contributed by atoms with E-state index < -0.39 is 16.6 Å². The van der Waals surface area contributed by atoms with Gasteiger partial charge in [0.05, 0.1) is 11.0 Å². The fourth-order valence-electron chi connectivity index (χ4n) is 1.56. The summed E-state index contributed by atoms with van der Waals surface area (Å²) in [6, 6.07) is -0.193. The number of ether oxygens (including phenoxy) is 1. The van der Waals surface area contributed by atoms with Crippen molar-refractivity contribution in [3.05, 3.63) is 22.5 Å². The van der Waals surface area contributed by atoms with Gasteiger partial charge in [0.25, 0.3) is 0 Å². The van der Waals surface area contributed by atoms with Crippen molar-refractivity contribution in [1.82, 2.24) is 14.7 Å². The second-order valence-corrected chi connectivity index (χ2v) is 5.65. The van der Waals surface area contributed by atoms with E-state index in [2.05, 4.69) is 5.10 Å². The standard InChI is InChI=1S/C12H20N4O4/c1-9(15-8-10(6-13-15)16(18)19)7-14(5)11(17)20-12(2,3)4/h6,8-9H,7H2,1-5H3. The summed E-state index contributed by atoms with van der Waals surface area (Å²) in [4.78, 5) is 23.3. The maximum Gasteiger partial charge on any atom is 0.410 e. The van der Waals surface area contributed by atoms with Crippen LogP contribution in [0, 0.1) is 10.1 Å². The van der Waals surface area contributed by atoms with Crippen LogP contribution in [-0.4, -0.2) is 44.9 Å². The third-order valence-electron chi connectivity index (χ3n) is 2.49. The zero-order valence-electron chi connectivity index (χ0n) is 12.4. The van der Waals surface area contributed by atoms with Gasteiger partial charge in [-0.05, 0) is 27.7 Å². The first-order valence-electron chi connectivity index (χ1n) is 6.23. The quantitative estimate of drug-likeness (QED) is 0.624. The molecule has 0 aliphatic rings. The Morgan fingerprint density at radius 2 is 2.20 bits per heavy atom. The van der Waals surface area contributed by atoms with Crippen LogP contribution in [0.15, 0.2) is 12.4 Å². The second kappa shape index (κ2) is 5.89. The smallest absolute Gasteiger partial charge is 0.410 e. The van der Waals surface area contributed by atoms with Gasteiger partial charge in [-0.1, -0.05) is 0 Å². The fourth-order valence-corrected chi connectivity index (χ4v) is 1.56. The highest BCUT2D eigenvalue weighted by Crippen LogP contribution is 2.15. The highest BCUT2D eigenvalue weighted by Gasteiger charge is 2.22. The zero-order valence-corrected chi connectivity index (χ0v) is 12.4. The molecule has 0 fully saturated rings. The van der Waals surface area contributed by atoms with Crippen LogP contribution in [0.2, 0.25) is 0 Å². The molecule has 0 aliphatic heterocycles. The van der Waals surface area contributed by atoms with Crippen LogP contribution in [0.25, 0.3) is 0 Å². The third-order valence-corrected chi connectivity index (χ3v) is 2.49. The summed E-state index contributed by atoms with van der Waals surface area (Å²) in [6.07, 6.45) is 2.09. The highest BCUT2D eigenvalue weighted by molar-refractivity contribution is 5.67. The summed E-state index contributed by atoms with van der Waals surface area (Å²) < 4.78 is 6.69. The van der Waals surface area contributed by atoms with E-state index in [4.69, 9.17) is 4.74 Å². The SMILES string of the molecule is CC(CN(C)C(=O)OC(C)(C)C)n1cc([N+](=O)[O-])cn1. The summed E-state index contributed by atoms with van der Waals surface area (Å²) >= 11 is 0. The van der Waals surface area contributed by atoms with E-state index in [-0.39, 0.29) is 11.7 Å². The maximum absolute atomic E-state index is 11.8. The topological polar surface area (TPSA) is 90.5 Å². The van der Waals surface area contributed by atoms with Crippen LogP contribution in [0.1, 0.15) is 33.7 Å². The van der Waals surface area contributed by atoms with Gasteiger partial charge in [0.15, 0.2) is 0 Å². The number of hydrogen-bond acceptors (Lipinski definition) is 5. The number of amides is 1. The van der Waals surface area contributed by atoms with Crippen molar-refractivity contribution in [2.75, 3.05) is 13.6 Å². The molecule has 0 N–H and O–H groups in total. The van der Waals surface area contributed by atoms with Crippen LogP contribution >= 0.6 is 0 Å². The van der Waals surface area contributed by atoms with Crippen molar-refractivity contribution in [3.63, 3.8) is 0 Å². The lowest BCUT2D eigenvalue weighted by molar-refractivity contribution is -0.385. The lowest BCUT2D eigenvalue weighted by atomic mass is 10.2. The molecule has 1 rings (SSSR count). The van der Waals surface area contributed by atoms with E-state index >= 15 is 0 Å². The number of nitro groups is 1. The molecule has 1 heterocycles. The highest BCUT2D eigenvalue weighted by atomic mass is 16.6. The van der Waals surface area contributed by atoms with Gasteiger partial charge in [-0.25, -0.2) is 4.79 Å². The Labute approximate surface area is 117 Å². The van der Waals surface area contributed by atoms with Gasteiger partial charge in [0.1, 0.15) is 18.0 Å². The molecule has 0 spiro atoms.